The molecule has 1 saturated heterocycles. The van der Waals surface area contributed by atoms with Crippen molar-refractivity contribution in [2.24, 2.45) is 0 Å². The molecule has 34 heavy (non-hydrogen) atoms. The van der Waals surface area contributed by atoms with E-state index in [1.54, 1.807) is 18.3 Å². The van der Waals surface area contributed by atoms with Crippen molar-refractivity contribution in [3.05, 3.63) is 103 Å². The summed E-state index contributed by atoms with van der Waals surface area (Å²) in [6.07, 6.45) is 3.17. The van der Waals surface area contributed by atoms with Gasteiger partial charge in [0.15, 0.2) is 0 Å². The summed E-state index contributed by atoms with van der Waals surface area (Å²) in [4.78, 5) is 21.4. The van der Waals surface area contributed by atoms with E-state index < -0.39 is 0 Å². The van der Waals surface area contributed by atoms with E-state index in [9.17, 15) is 4.79 Å². The minimum absolute atomic E-state index is 0.234. The molecule has 1 fully saturated rings. The van der Waals surface area contributed by atoms with Gasteiger partial charge in [-0.3, -0.25) is 9.78 Å². The molecule has 1 amide bonds. The number of hydrogen-bond acceptors (Lipinski definition) is 5. The Morgan fingerprint density at radius 3 is 2.06 bits per heavy atom. The molecular weight excluding hydrogens is 422 g/mol. The first-order valence-electron chi connectivity index (χ1n) is 11.4. The molecule has 0 saturated carbocycles. The van der Waals surface area contributed by atoms with Gasteiger partial charge in [-0.25, -0.2) is 0 Å². The summed E-state index contributed by atoms with van der Waals surface area (Å²) >= 11 is 0. The van der Waals surface area contributed by atoms with E-state index in [0.29, 0.717) is 16.9 Å². The fourth-order valence-electron chi connectivity index (χ4n) is 4.26. The Morgan fingerprint density at radius 1 is 0.765 bits per heavy atom. The van der Waals surface area contributed by atoms with E-state index in [4.69, 9.17) is 5.73 Å². The Hall–Kier alpha value is -4.32. The molecule has 1 aliphatic rings. The second-order valence-corrected chi connectivity index (χ2v) is 8.35. The number of pyridine rings is 1. The van der Waals surface area contributed by atoms with E-state index in [0.717, 1.165) is 37.3 Å². The average Bonchev–Trinajstić information content (AvgIpc) is 2.91. The van der Waals surface area contributed by atoms with Crippen LogP contribution in [-0.2, 0) is 0 Å². The quantitative estimate of drug-likeness (QED) is 0.424. The first kappa shape index (κ1) is 21.5. The first-order chi connectivity index (χ1) is 16.7. The fourth-order valence-corrected chi connectivity index (χ4v) is 4.26. The van der Waals surface area contributed by atoms with Crippen LogP contribution in [-0.4, -0.2) is 37.1 Å². The van der Waals surface area contributed by atoms with Crippen molar-refractivity contribution in [1.82, 2.24) is 4.98 Å². The number of nitrogens with one attached hydrogen (secondary N) is 1. The third-order valence-electron chi connectivity index (χ3n) is 6.19. The second kappa shape index (κ2) is 9.67. The Bertz CT molecular complexity index is 1250. The highest BCUT2D eigenvalue weighted by Gasteiger charge is 2.17. The standard InChI is InChI=1S/C28H27N5O/c29-26-13-10-22(19-27(26)31-28(34)23-5-4-14-30-20-23)21-8-11-25(12-9-21)33-17-15-32(16-18-33)24-6-2-1-3-7-24/h1-14,19-20H,15-18,29H2,(H,31,34). The van der Waals surface area contributed by atoms with Gasteiger partial charge < -0.3 is 20.9 Å². The summed E-state index contributed by atoms with van der Waals surface area (Å²) in [5.41, 5.74) is 12.3. The van der Waals surface area contributed by atoms with E-state index in [-0.39, 0.29) is 5.91 Å². The van der Waals surface area contributed by atoms with Gasteiger partial charge in [-0.1, -0.05) is 36.4 Å². The van der Waals surface area contributed by atoms with Crippen molar-refractivity contribution >= 4 is 28.7 Å². The number of amides is 1. The van der Waals surface area contributed by atoms with Crippen LogP contribution in [0.3, 0.4) is 0 Å². The van der Waals surface area contributed by atoms with Crippen molar-refractivity contribution in [3.8, 4) is 11.1 Å². The Labute approximate surface area is 199 Å². The summed E-state index contributed by atoms with van der Waals surface area (Å²) in [6, 6.07) is 28.3. The molecule has 6 nitrogen and oxygen atoms in total. The highest BCUT2D eigenvalue weighted by molar-refractivity contribution is 6.05. The second-order valence-electron chi connectivity index (χ2n) is 8.35. The Kier molecular flexibility index (Phi) is 6.12. The number of nitrogens with two attached hydrogens (primary N) is 1. The Balaban J connectivity index is 1.26. The lowest BCUT2D eigenvalue weighted by Gasteiger charge is -2.37. The zero-order chi connectivity index (χ0) is 23.3. The molecular formula is C28H27N5O. The fraction of sp³-hybridized carbons (Fsp3) is 0.143. The molecule has 1 aromatic heterocycles. The van der Waals surface area contributed by atoms with Crippen molar-refractivity contribution < 1.29 is 4.79 Å². The number of rotatable bonds is 5. The van der Waals surface area contributed by atoms with Gasteiger partial charge in [-0.15, -0.1) is 0 Å². The first-order valence-corrected chi connectivity index (χ1v) is 11.4. The van der Waals surface area contributed by atoms with Gasteiger partial charge in [0.05, 0.1) is 16.9 Å². The predicted molar refractivity (Wildman–Crippen MR) is 139 cm³/mol. The summed E-state index contributed by atoms with van der Waals surface area (Å²) in [6.45, 7) is 3.98. The lowest BCUT2D eigenvalue weighted by atomic mass is 10.0. The van der Waals surface area contributed by atoms with Crippen LogP contribution in [0, 0.1) is 0 Å². The van der Waals surface area contributed by atoms with E-state index >= 15 is 0 Å². The van der Waals surface area contributed by atoms with Gasteiger partial charge in [-0.05, 0) is 59.7 Å². The van der Waals surface area contributed by atoms with E-state index in [1.807, 2.05) is 18.2 Å². The number of para-hydroxylation sites is 1. The van der Waals surface area contributed by atoms with Crippen LogP contribution in [0.5, 0.6) is 0 Å². The van der Waals surface area contributed by atoms with Crippen LogP contribution in [0.25, 0.3) is 11.1 Å². The molecule has 0 spiro atoms. The van der Waals surface area contributed by atoms with Crippen molar-refractivity contribution in [3.63, 3.8) is 0 Å². The Morgan fingerprint density at radius 2 is 1.41 bits per heavy atom. The number of nitrogens with zero attached hydrogens (tertiary/aromatic N) is 3. The van der Waals surface area contributed by atoms with Gasteiger partial charge in [0.1, 0.15) is 0 Å². The van der Waals surface area contributed by atoms with Crippen molar-refractivity contribution in [1.29, 1.82) is 0 Å². The highest BCUT2D eigenvalue weighted by Crippen LogP contribution is 2.29. The minimum Gasteiger partial charge on any atom is -0.397 e. The van der Waals surface area contributed by atoms with Crippen LogP contribution < -0.4 is 20.9 Å². The summed E-state index contributed by atoms with van der Waals surface area (Å²) < 4.78 is 0. The minimum atomic E-state index is -0.234. The van der Waals surface area contributed by atoms with Gasteiger partial charge in [0, 0.05) is 49.9 Å². The van der Waals surface area contributed by atoms with Crippen LogP contribution in [0.1, 0.15) is 10.4 Å². The third kappa shape index (κ3) is 4.71. The molecule has 0 radical (unpaired) electrons. The summed E-state index contributed by atoms with van der Waals surface area (Å²) in [5.74, 6) is -0.234. The van der Waals surface area contributed by atoms with Gasteiger partial charge in [-0.2, -0.15) is 0 Å². The topological polar surface area (TPSA) is 74.5 Å². The smallest absolute Gasteiger partial charge is 0.257 e. The SMILES string of the molecule is Nc1ccc(-c2ccc(N3CCN(c4ccccc4)CC3)cc2)cc1NC(=O)c1cccnc1. The normalized spacial score (nSPS) is 13.5. The molecule has 5 rings (SSSR count). The van der Waals surface area contributed by atoms with Crippen molar-refractivity contribution in [2.45, 2.75) is 0 Å². The van der Waals surface area contributed by atoms with E-state index in [2.05, 4.69) is 74.7 Å². The van der Waals surface area contributed by atoms with Crippen LogP contribution in [0.15, 0.2) is 97.3 Å². The highest BCUT2D eigenvalue weighted by atomic mass is 16.1. The molecule has 3 N–H and O–H groups in total. The monoisotopic (exact) mass is 449 g/mol. The zero-order valence-electron chi connectivity index (χ0n) is 18.9. The lowest BCUT2D eigenvalue weighted by Crippen LogP contribution is -2.46. The van der Waals surface area contributed by atoms with Gasteiger partial charge in [0.2, 0.25) is 0 Å². The van der Waals surface area contributed by atoms with Crippen molar-refractivity contribution in [2.75, 3.05) is 47.0 Å². The maximum atomic E-state index is 12.5. The average molecular weight is 450 g/mol. The molecule has 0 bridgehead atoms. The molecule has 0 unspecified atom stereocenters. The molecule has 0 aliphatic carbocycles. The summed E-state index contributed by atoms with van der Waals surface area (Å²) in [5, 5.41) is 2.90. The molecule has 1 aliphatic heterocycles. The number of carbonyl (C=O) groups is 1. The van der Waals surface area contributed by atoms with Gasteiger partial charge in [0.25, 0.3) is 5.91 Å². The number of anilines is 4. The lowest BCUT2D eigenvalue weighted by molar-refractivity contribution is 0.102. The third-order valence-corrected chi connectivity index (χ3v) is 6.19. The maximum absolute atomic E-state index is 12.5. The maximum Gasteiger partial charge on any atom is 0.257 e. The largest absolute Gasteiger partial charge is 0.397 e. The number of hydrogen-bond donors (Lipinski definition) is 2. The molecule has 0 atom stereocenters. The predicted octanol–water partition coefficient (Wildman–Crippen LogP) is 4.91. The molecule has 3 aromatic carbocycles. The van der Waals surface area contributed by atoms with Crippen LogP contribution in [0.2, 0.25) is 0 Å². The molecule has 170 valence electrons. The van der Waals surface area contributed by atoms with E-state index in [1.165, 1.54) is 17.6 Å². The van der Waals surface area contributed by atoms with Crippen LogP contribution >= 0.6 is 0 Å². The molecule has 6 heteroatoms. The number of benzene rings is 3. The van der Waals surface area contributed by atoms with Gasteiger partial charge >= 0.3 is 0 Å². The molecule has 2 heterocycles. The van der Waals surface area contributed by atoms with Crippen LogP contribution in [0.4, 0.5) is 22.7 Å². The zero-order valence-corrected chi connectivity index (χ0v) is 18.9. The number of carbonyl (C=O) groups excluding carboxylic acids is 1. The number of nitrogen functional groups attached to an aromatic ring is 1. The summed E-state index contributed by atoms with van der Waals surface area (Å²) in [7, 11) is 0. The number of aromatic nitrogens is 1. The number of piperazine rings is 1. The molecule has 4 aromatic rings.